The molecule has 6 heteroatoms. The Hall–Kier alpha value is -3.41. The van der Waals surface area contributed by atoms with Crippen molar-refractivity contribution in [3.8, 4) is 11.5 Å². The van der Waals surface area contributed by atoms with Crippen LogP contribution in [0.5, 0.6) is 11.5 Å². The predicted octanol–water partition coefficient (Wildman–Crippen LogP) is 4.68. The Morgan fingerprint density at radius 1 is 0.929 bits per heavy atom. The first-order chi connectivity index (χ1) is 13.8. The Morgan fingerprint density at radius 2 is 1.64 bits per heavy atom. The first kappa shape index (κ1) is 18.0. The van der Waals surface area contributed by atoms with Gasteiger partial charge in [0.2, 0.25) is 5.95 Å². The van der Waals surface area contributed by atoms with E-state index in [0.717, 1.165) is 30.0 Å². The summed E-state index contributed by atoms with van der Waals surface area (Å²) in [4.78, 5) is 20.9. The molecule has 2 aromatic carbocycles. The minimum atomic E-state index is -0.149. The first-order valence-electron chi connectivity index (χ1n) is 9.50. The molecule has 0 spiro atoms. The summed E-state index contributed by atoms with van der Waals surface area (Å²) in [6.07, 6.45) is 6.02. The molecular formula is C22H22N4O2. The molecule has 28 heavy (non-hydrogen) atoms. The number of carbonyl (C=O) groups is 1. The molecule has 0 unspecified atom stereocenters. The Labute approximate surface area is 164 Å². The van der Waals surface area contributed by atoms with E-state index in [1.807, 2.05) is 54.6 Å². The number of aromatic nitrogens is 2. The second-order valence-electron chi connectivity index (χ2n) is 6.78. The van der Waals surface area contributed by atoms with Crippen LogP contribution in [-0.2, 0) is 0 Å². The molecule has 0 bridgehead atoms. The van der Waals surface area contributed by atoms with E-state index in [4.69, 9.17) is 4.74 Å². The third kappa shape index (κ3) is 4.65. The van der Waals surface area contributed by atoms with E-state index in [2.05, 4.69) is 20.6 Å². The summed E-state index contributed by atoms with van der Waals surface area (Å²) in [6, 6.07) is 19.0. The van der Waals surface area contributed by atoms with Crippen LogP contribution in [0, 0.1) is 0 Å². The van der Waals surface area contributed by atoms with Crippen LogP contribution in [0.2, 0.25) is 0 Å². The van der Waals surface area contributed by atoms with E-state index < -0.39 is 0 Å². The summed E-state index contributed by atoms with van der Waals surface area (Å²) in [5.41, 5.74) is 1.18. The zero-order chi connectivity index (χ0) is 19.2. The zero-order valence-corrected chi connectivity index (χ0v) is 15.5. The van der Waals surface area contributed by atoms with Gasteiger partial charge in [0.15, 0.2) is 0 Å². The molecule has 6 nitrogen and oxygen atoms in total. The Balaban J connectivity index is 1.39. The SMILES string of the molecule is O=C(NC1CCCC1)c1ccnc(Nc2ccc(Oc3ccccc3)cc2)n1. The van der Waals surface area contributed by atoms with Crippen molar-refractivity contribution in [1.82, 2.24) is 15.3 Å². The number of amides is 1. The summed E-state index contributed by atoms with van der Waals surface area (Å²) in [7, 11) is 0. The highest BCUT2D eigenvalue weighted by atomic mass is 16.5. The number of nitrogens with zero attached hydrogens (tertiary/aromatic N) is 2. The number of hydrogen-bond acceptors (Lipinski definition) is 5. The van der Waals surface area contributed by atoms with Gasteiger partial charge in [-0.05, 0) is 55.3 Å². The molecule has 0 aliphatic heterocycles. The van der Waals surface area contributed by atoms with Crippen molar-refractivity contribution in [3.63, 3.8) is 0 Å². The van der Waals surface area contributed by atoms with Crippen LogP contribution in [0.3, 0.4) is 0 Å². The van der Waals surface area contributed by atoms with Crippen LogP contribution in [0.25, 0.3) is 0 Å². The molecule has 2 N–H and O–H groups in total. The lowest BCUT2D eigenvalue weighted by molar-refractivity contribution is 0.0933. The maximum Gasteiger partial charge on any atom is 0.270 e. The molecule has 1 amide bonds. The fourth-order valence-corrected chi connectivity index (χ4v) is 3.23. The zero-order valence-electron chi connectivity index (χ0n) is 15.5. The predicted molar refractivity (Wildman–Crippen MR) is 108 cm³/mol. The Kier molecular flexibility index (Phi) is 5.47. The van der Waals surface area contributed by atoms with Crippen molar-refractivity contribution in [2.24, 2.45) is 0 Å². The lowest BCUT2D eigenvalue weighted by Crippen LogP contribution is -2.33. The van der Waals surface area contributed by atoms with E-state index in [0.29, 0.717) is 11.6 Å². The number of rotatable bonds is 6. The lowest BCUT2D eigenvalue weighted by Gasteiger charge is -2.12. The van der Waals surface area contributed by atoms with Crippen molar-refractivity contribution >= 4 is 17.5 Å². The molecule has 0 radical (unpaired) electrons. The van der Waals surface area contributed by atoms with Crippen LogP contribution in [0.15, 0.2) is 66.9 Å². The topological polar surface area (TPSA) is 76.1 Å². The molecule has 1 aromatic heterocycles. The number of nitrogens with one attached hydrogen (secondary N) is 2. The molecule has 0 saturated heterocycles. The summed E-state index contributed by atoms with van der Waals surface area (Å²) in [5.74, 6) is 1.76. The van der Waals surface area contributed by atoms with Crippen molar-refractivity contribution in [1.29, 1.82) is 0 Å². The van der Waals surface area contributed by atoms with Crippen LogP contribution in [-0.4, -0.2) is 21.9 Å². The second-order valence-corrected chi connectivity index (χ2v) is 6.78. The van der Waals surface area contributed by atoms with Gasteiger partial charge in [-0.15, -0.1) is 0 Å². The van der Waals surface area contributed by atoms with Gasteiger partial charge < -0.3 is 15.4 Å². The van der Waals surface area contributed by atoms with Crippen molar-refractivity contribution in [3.05, 3.63) is 72.6 Å². The van der Waals surface area contributed by atoms with E-state index in [-0.39, 0.29) is 11.9 Å². The van der Waals surface area contributed by atoms with E-state index in [1.54, 1.807) is 12.3 Å². The van der Waals surface area contributed by atoms with Crippen molar-refractivity contribution in [2.45, 2.75) is 31.7 Å². The third-order valence-electron chi connectivity index (χ3n) is 4.67. The standard InChI is InChI=1S/C22H22N4O2/c27-21(24-16-6-4-5-7-16)20-14-15-23-22(26-20)25-17-10-12-19(13-11-17)28-18-8-2-1-3-9-18/h1-3,8-16H,4-7H2,(H,24,27)(H,23,25,26). The van der Waals surface area contributed by atoms with Crippen LogP contribution in [0.4, 0.5) is 11.6 Å². The maximum absolute atomic E-state index is 12.4. The average Bonchev–Trinajstić information content (AvgIpc) is 3.23. The Bertz CT molecular complexity index is 923. The second kappa shape index (κ2) is 8.52. The number of ether oxygens (including phenoxy) is 1. The molecule has 1 heterocycles. The molecule has 4 rings (SSSR count). The van der Waals surface area contributed by atoms with Crippen LogP contribution in [0.1, 0.15) is 36.2 Å². The van der Waals surface area contributed by atoms with E-state index >= 15 is 0 Å². The van der Waals surface area contributed by atoms with Gasteiger partial charge in [-0.1, -0.05) is 31.0 Å². The van der Waals surface area contributed by atoms with Crippen LogP contribution < -0.4 is 15.4 Å². The molecule has 1 aliphatic carbocycles. The van der Waals surface area contributed by atoms with Gasteiger partial charge in [0.25, 0.3) is 5.91 Å². The highest BCUT2D eigenvalue weighted by Gasteiger charge is 2.18. The summed E-state index contributed by atoms with van der Waals surface area (Å²) in [6.45, 7) is 0. The Morgan fingerprint density at radius 3 is 2.39 bits per heavy atom. The molecule has 3 aromatic rings. The molecule has 1 saturated carbocycles. The fraction of sp³-hybridized carbons (Fsp3) is 0.227. The van der Waals surface area contributed by atoms with Gasteiger partial charge in [-0.2, -0.15) is 0 Å². The molecule has 0 atom stereocenters. The van der Waals surface area contributed by atoms with Gasteiger partial charge in [-0.3, -0.25) is 4.79 Å². The van der Waals surface area contributed by atoms with Gasteiger partial charge in [0.1, 0.15) is 17.2 Å². The van der Waals surface area contributed by atoms with Gasteiger partial charge >= 0.3 is 0 Å². The molecular weight excluding hydrogens is 352 g/mol. The molecule has 1 fully saturated rings. The number of hydrogen-bond donors (Lipinski definition) is 2. The first-order valence-corrected chi connectivity index (χ1v) is 9.50. The quantitative estimate of drug-likeness (QED) is 0.655. The number of carbonyl (C=O) groups excluding carboxylic acids is 1. The van der Waals surface area contributed by atoms with Crippen molar-refractivity contribution in [2.75, 3.05) is 5.32 Å². The largest absolute Gasteiger partial charge is 0.457 e. The van der Waals surface area contributed by atoms with E-state index in [9.17, 15) is 4.79 Å². The third-order valence-corrected chi connectivity index (χ3v) is 4.67. The van der Waals surface area contributed by atoms with Gasteiger partial charge in [-0.25, -0.2) is 9.97 Å². The average molecular weight is 374 g/mol. The van der Waals surface area contributed by atoms with Crippen LogP contribution >= 0.6 is 0 Å². The normalized spacial score (nSPS) is 13.9. The smallest absolute Gasteiger partial charge is 0.270 e. The lowest BCUT2D eigenvalue weighted by atomic mass is 10.2. The highest BCUT2D eigenvalue weighted by molar-refractivity contribution is 5.92. The maximum atomic E-state index is 12.4. The van der Waals surface area contributed by atoms with Gasteiger partial charge in [0, 0.05) is 17.9 Å². The minimum absolute atomic E-state index is 0.149. The molecule has 142 valence electrons. The van der Waals surface area contributed by atoms with Crippen molar-refractivity contribution < 1.29 is 9.53 Å². The van der Waals surface area contributed by atoms with E-state index in [1.165, 1.54) is 12.8 Å². The highest BCUT2D eigenvalue weighted by Crippen LogP contribution is 2.23. The minimum Gasteiger partial charge on any atom is -0.457 e. The van der Waals surface area contributed by atoms with Gasteiger partial charge in [0.05, 0.1) is 0 Å². The fourth-order valence-electron chi connectivity index (χ4n) is 3.23. The molecule has 1 aliphatic rings. The number of benzene rings is 2. The number of para-hydroxylation sites is 1. The summed E-state index contributed by atoms with van der Waals surface area (Å²) >= 11 is 0. The number of anilines is 2. The summed E-state index contributed by atoms with van der Waals surface area (Å²) < 4.78 is 5.79. The monoisotopic (exact) mass is 374 g/mol. The summed E-state index contributed by atoms with van der Waals surface area (Å²) in [5, 5.41) is 6.17.